The molecule has 6 heteroatoms. The van der Waals surface area contributed by atoms with Gasteiger partial charge in [-0.1, -0.05) is 13.8 Å². The predicted octanol–water partition coefficient (Wildman–Crippen LogP) is 2.50. The minimum atomic E-state index is -3.49. The molecule has 1 atom stereocenters. The zero-order valence-corrected chi connectivity index (χ0v) is 14.4. The van der Waals surface area contributed by atoms with Gasteiger partial charge in [0.15, 0.2) is 0 Å². The Hall–Kier alpha value is -1.11. The Bertz CT molecular complexity index is 595. The van der Waals surface area contributed by atoms with E-state index in [0.717, 1.165) is 37.1 Å². The van der Waals surface area contributed by atoms with Crippen molar-refractivity contribution < 1.29 is 13.2 Å². The highest BCUT2D eigenvalue weighted by atomic mass is 32.2. The largest absolute Gasteiger partial charge is 0.494 e. The van der Waals surface area contributed by atoms with E-state index in [1.54, 1.807) is 22.5 Å². The van der Waals surface area contributed by atoms with E-state index in [9.17, 15) is 8.42 Å². The number of ether oxygens (including phenoxy) is 1. The smallest absolute Gasteiger partial charge is 0.244 e. The Morgan fingerprint density at radius 2 is 2.14 bits per heavy atom. The third-order valence-corrected chi connectivity index (χ3v) is 6.04. The van der Waals surface area contributed by atoms with Crippen LogP contribution in [0.5, 0.6) is 5.75 Å². The van der Waals surface area contributed by atoms with Gasteiger partial charge in [0, 0.05) is 6.54 Å². The summed E-state index contributed by atoms with van der Waals surface area (Å²) < 4.78 is 33.0. The Kier molecular flexibility index (Phi) is 5.83. The summed E-state index contributed by atoms with van der Waals surface area (Å²) in [6.45, 7) is 7.72. The van der Waals surface area contributed by atoms with Crippen LogP contribution < -0.4 is 10.1 Å². The van der Waals surface area contributed by atoms with E-state index < -0.39 is 10.0 Å². The molecule has 1 aliphatic heterocycles. The van der Waals surface area contributed by atoms with Crippen molar-refractivity contribution in [3.05, 3.63) is 23.8 Å². The number of rotatable bonds is 7. The molecule has 1 fully saturated rings. The normalized spacial score (nSPS) is 18.8. The maximum Gasteiger partial charge on any atom is 0.244 e. The van der Waals surface area contributed by atoms with E-state index >= 15 is 0 Å². The second-order valence-electron chi connectivity index (χ2n) is 5.60. The third-order valence-electron chi connectivity index (χ3n) is 3.90. The second-order valence-corrected chi connectivity index (χ2v) is 7.46. The molecule has 1 aliphatic rings. The molecule has 22 heavy (non-hydrogen) atoms. The van der Waals surface area contributed by atoms with E-state index in [0.29, 0.717) is 18.0 Å². The van der Waals surface area contributed by atoms with Crippen LogP contribution in [0.2, 0.25) is 0 Å². The number of benzene rings is 1. The van der Waals surface area contributed by atoms with Crippen LogP contribution in [0.1, 0.15) is 38.7 Å². The summed E-state index contributed by atoms with van der Waals surface area (Å²) in [6.07, 6.45) is 2.71. The van der Waals surface area contributed by atoms with Gasteiger partial charge < -0.3 is 10.1 Å². The monoisotopic (exact) mass is 326 g/mol. The highest BCUT2D eigenvalue weighted by Gasteiger charge is 2.32. The van der Waals surface area contributed by atoms with Crippen molar-refractivity contribution >= 4 is 10.0 Å². The fraction of sp³-hybridized carbons (Fsp3) is 0.625. The molecule has 0 aliphatic carbocycles. The number of aryl methyl sites for hydroxylation is 1. The Morgan fingerprint density at radius 1 is 1.36 bits per heavy atom. The first-order chi connectivity index (χ1) is 10.5. The van der Waals surface area contributed by atoms with E-state index in [1.807, 2.05) is 20.8 Å². The minimum Gasteiger partial charge on any atom is -0.494 e. The quantitative estimate of drug-likeness (QED) is 0.836. The SMILES string of the molecule is CCCOc1ccc(S(=O)(=O)N(CC)C2CCCN2)c(C)c1. The molecule has 0 spiro atoms. The first-order valence-electron chi connectivity index (χ1n) is 7.99. The van der Waals surface area contributed by atoms with E-state index in [2.05, 4.69) is 5.32 Å². The van der Waals surface area contributed by atoms with E-state index in [1.165, 1.54) is 0 Å². The van der Waals surface area contributed by atoms with Crippen molar-refractivity contribution in [2.24, 2.45) is 0 Å². The van der Waals surface area contributed by atoms with Gasteiger partial charge >= 0.3 is 0 Å². The molecule has 0 saturated carbocycles. The maximum absolute atomic E-state index is 12.9. The molecule has 1 aromatic rings. The molecule has 1 N–H and O–H groups in total. The zero-order chi connectivity index (χ0) is 16.2. The number of sulfonamides is 1. The standard InChI is InChI=1S/C16H26N2O3S/c1-4-11-21-14-8-9-15(13(3)12-14)22(19,20)18(5-2)16-7-6-10-17-16/h8-9,12,16-17H,4-7,10-11H2,1-3H3. The molecule has 1 heterocycles. The van der Waals surface area contributed by atoms with Gasteiger partial charge in [0.05, 0.1) is 17.7 Å². The number of nitrogens with zero attached hydrogens (tertiary/aromatic N) is 1. The van der Waals surface area contributed by atoms with Gasteiger partial charge in [0.2, 0.25) is 10.0 Å². The summed E-state index contributed by atoms with van der Waals surface area (Å²) in [4.78, 5) is 0.367. The van der Waals surface area contributed by atoms with Gasteiger partial charge in [-0.05, 0) is 56.5 Å². The first kappa shape index (κ1) is 17.2. The van der Waals surface area contributed by atoms with Crippen molar-refractivity contribution in [3.8, 4) is 5.75 Å². The summed E-state index contributed by atoms with van der Waals surface area (Å²) in [7, 11) is -3.49. The number of nitrogens with one attached hydrogen (secondary N) is 1. The highest BCUT2D eigenvalue weighted by Crippen LogP contribution is 2.26. The average molecular weight is 326 g/mol. The van der Waals surface area contributed by atoms with Crippen molar-refractivity contribution in [2.45, 2.75) is 51.1 Å². The van der Waals surface area contributed by atoms with E-state index in [4.69, 9.17) is 4.74 Å². The van der Waals surface area contributed by atoms with Crippen molar-refractivity contribution in [3.63, 3.8) is 0 Å². The van der Waals surface area contributed by atoms with Crippen LogP contribution in [0.4, 0.5) is 0 Å². The Labute approximate surface area is 133 Å². The summed E-state index contributed by atoms with van der Waals surface area (Å²) in [6, 6.07) is 5.21. The first-order valence-corrected chi connectivity index (χ1v) is 9.43. The highest BCUT2D eigenvalue weighted by molar-refractivity contribution is 7.89. The Morgan fingerprint density at radius 3 is 2.68 bits per heavy atom. The fourth-order valence-electron chi connectivity index (χ4n) is 2.82. The second kappa shape index (κ2) is 7.44. The molecule has 0 radical (unpaired) electrons. The number of hydrogen-bond donors (Lipinski definition) is 1. The minimum absolute atomic E-state index is 0.0922. The Balaban J connectivity index is 2.27. The molecule has 0 bridgehead atoms. The summed E-state index contributed by atoms with van der Waals surface area (Å²) in [5.41, 5.74) is 0.727. The molecule has 5 nitrogen and oxygen atoms in total. The zero-order valence-electron chi connectivity index (χ0n) is 13.6. The lowest BCUT2D eigenvalue weighted by Gasteiger charge is -2.27. The van der Waals surface area contributed by atoms with Gasteiger partial charge in [-0.3, -0.25) is 0 Å². The van der Waals surface area contributed by atoms with Gasteiger partial charge in [0.1, 0.15) is 5.75 Å². The third kappa shape index (κ3) is 3.62. The van der Waals surface area contributed by atoms with E-state index in [-0.39, 0.29) is 6.17 Å². The molecule has 2 rings (SSSR count). The summed E-state index contributed by atoms with van der Waals surface area (Å²) in [5, 5.41) is 3.26. The van der Waals surface area contributed by atoms with Crippen LogP contribution >= 0.6 is 0 Å². The van der Waals surface area contributed by atoms with Crippen LogP contribution in [0.15, 0.2) is 23.1 Å². The molecule has 124 valence electrons. The lowest BCUT2D eigenvalue weighted by Crippen LogP contribution is -2.45. The molecular weight excluding hydrogens is 300 g/mol. The molecule has 0 amide bonds. The molecule has 1 unspecified atom stereocenters. The van der Waals surface area contributed by atoms with Crippen LogP contribution in [0.3, 0.4) is 0 Å². The number of hydrogen-bond acceptors (Lipinski definition) is 4. The maximum atomic E-state index is 12.9. The molecule has 1 saturated heterocycles. The van der Waals surface area contributed by atoms with Crippen LogP contribution in [0.25, 0.3) is 0 Å². The molecular formula is C16H26N2O3S. The average Bonchev–Trinajstić information content (AvgIpc) is 2.99. The predicted molar refractivity (Wildman–Crippen MR) is 87.6 cm³/mol. The molecule has 1 aromatic carbocycles. The van der Waals surface area contributed by atoms with Gasteiger partial charge in [0.25, 0.3) is 0 Å². The van der Waals surface area contributed by atoms with Gasteiger partial charge in [-0.15, -0.1) is 0 Å². The van der Waals surface area contributed by atoms with Gasteiger partial charge in [-0.25, -0.2) is 8.42 Å². The van der Waals surface area contributed by atoms with Crippen molar-refractivity contribution in [1.29, 1.82) is 0 Å². The fourth-order valence-corrected chi connectivity index (χ4v) is 4.63. The van der Waals surface area contributed by atoms with Crippen LogP contribution in [-0.2, 0) is 10.0 Å². The van der Waals surface area contributed by atoms with Crippen molar-refractivity contribution in [2.75, 3.05) is 19.7 Å². The van der Waals surface area contributed by atoms with Crippen LogP contribution in [-0.4, -0.2) is 38.6 Å². The van der Waals surface area contributed by atoms with Crippen LogP contribution in [0, 0.1) is 6.92 Å². The van der Waals surface area contributed by atoms with Crippen molar-refractivity contribution in [1.82, 2.24) is 9.62 Å². The van der Waals surface area contributed by atoms with Gasteiger partial charge in [-0.2, -0.15) is 4.31 Å². The summed E-state index contributed by atoms with van der Waals surface area (Å²) in [5.74, 6) is 0.723. The lowest BCUT2D eigenvalue weighted by molar-refractivity contribution is 0.310. The topological polar surface area (TPSA) is 58.6 Å². The summed E-state index contributed by atoms with van der Waals surface area (Å²) >= 11 is 0. The molecule has 0 aromatic heterocycles. The lowest BCUT2D eigenvalue weighted by atomic mass is 10.2.